The summed E-state index contributed by atoms with van der Waals surface area (Å²) in [6.07, 6.45) is 49.8. The van der Waals surface area contributed by atoms with E-state index in [0.29, 0.717) is 17.4 Å². The number of quaternary nitrogens is 1. The van der Waals surface area contributed by atoms with Crippen molar-refractivity contribution < 1.29 is 32.9 Å². The molecule has 3 N–H and O–H groups in total. The van der Waals surface area contributed by atoms with Gasteiger partial charge in [0.15, 0.2) is 0 Å². The first kappa shape index (κ1) is 57.0. The van der Waals surface area contributed by atoms with Crippen LogP contribution in [0.5, 0.6) is 0 Å². The lowest BCUT2D eigenvalue weighted by Gasteiger charge is -2.25. The summed E-state index contributed by atoms with van der Waals surface area (Å²) in [4.78, 5) is 23.1. The first-order valence-electron chi connectivity index (χ1n) is 24.7. The summed E-state index contributed by atoms with van der Waals surface area (Å²) >= 11 is 0. The van der Waals surface area contributed by atoms with Gasteiger partial charge in [0.1, 0.15) is 13.2 Å². The number of nitrogens with one attached hydrogen (secondary N) is 1. The predicted octanol–water partition coefficient (Wildman–Crippen LogP) is 14.1. The fourth-order valence-electron chi connectivity index (χ4n) is 7.21. The van der Waals surface area contributed by atoms with Crippen LogP contribution in [0.25, 0.3) is 0 Å². The number of nitrogens with zero attached hydrogens (tertiary/aromatic N) is 1. The highest BCUT2D eigenvalue weighted by Gasteiger charge is 2.27. The molecule has 58 heavy (non-hydrogen) atoms. The average Bonchev–Trinajstić information content (AvgIpc) is 3.17. The molecule has 0 heterocycles. The summed E-state index contributed by atoms with van der Waals surface area (Å²) in [6, 6.07) is -0.843. The molecule has 0 saturated heterocycles. The molecule has 0 aliphatic heterocycles. The summed E-state index contributed by atoms with van der Waals surface area (Å²) in [5.74, 6) is -0.179. The van der Waals surface area contributed by atoms with Gasteiger partial charge in [-0.15, -0.1) is 0 Å². The van der Waals surface area contributed by atoms with E-state index >= 15 is 0 Å². The molecule has 0 spiro atoms. The number of phosphoric acid groups is 1. The zero-order valence-electron chi connectivity index (χ0n) is 39.0. The summed E-state index contributed by atoms with van der Waals surface area (Å²) in [5, 5.41) is 13.8. The van der Waals surface area contributed by atoms with Gasteiger partial charge in [-0.05, 0) is 44.9 Å². The number of rotatable bonds is 45. The molecule has 1 amide bonds. The minimum Gasteiger partial charge on any atom is -0.387 e. The van der Waals surface area contributed by atoms with Gasteiger partial charge in [0, 0.05) is 6.42 Å². The summed E-state index contributed by atoms with van der Waals surface area (Å²) in [5.41, 5.74) is 0. The minimum absolute atomic E-state index is 0.0622. The largest absolute Gasteiger partial charge is 0.472 e. The van der Waals surface area contributed by atoms with Gasteiger partial charge in [-0.25, -0.2) is 4.57 Å². The predicted molar refractivity (Wildman–Crippen MR) is 249 cm³/mol. The third-order valence-electron chi connectivity index (χ3n) is 11.2. The van der Waals surface area contributed by atoms with E-state index in [1.165, 1.54) is 173 Å². The van der Waals surface area contributed by atoms with Gasteiger partial charge >= 0.3 is 7.82 Å². The molecule has 0 fully saturated rings. The Labute approximate surface area is 360 Å². The number of carbonyl (C=O) groups is 1. The molecule has 9 heteroatoms. The summed E-state index contributed by atoms with van der Waals surface area (Å²) in [7, 11) is 1.57. The molecule has 3 atom stereocenters. The molecule has 0 radical (unpaired) electrons. The van der Waals surface area contributed by atoms with E-state index in [-0.39, 0.29) is 19.1 Å². The third-order valence-corrected chi connectivity index (χ3v) is 12.1. The molecule has 0 saturated carbocycles. The molecule has 0 aromatic carbocycles. The zero-order chi connectivity index (χ0) is 42.8. The van der Waals surface area contributed by atoms with Gasteiger partial charge in [-0.1, -0.05) is 205 Å². The number of likely N-dealkylation sites (N-methyl/N-ethyl adjacent to an activating group) is 1. The number of hydrogen-bond acceptors (Lipinski definition) is 5. The average molecular weight is 842 g/mol. The summed E-state index contributed by atoms with van der Waals surface area (Å²) in [6.45, 7) is 4.81. The Kier molecular flexibility index (Phi) is 40.6. The molecular weight excluding hydrogens is 744 g/mol. The third kappa shape index (κ3) is 43.1. The molecule has 0 aliphatic carbocycles. The number of amides is 1. The molecule has 8 nitrogen and oxygen atoms in total. The zero-order valence-corrected chi connectivity index (χ0v) is 39.9. The van der Waals surface area contributed by atoms with Crippen LogP contribution in [0.3, 0.4) is 0 Å². The maximum absolute atomic E-state index is 12.9. The number of carbonyl (C=O) groups excluding carboxylic acids is 1. The fraction of sp³-hybridized carbons (Fsp3) is 0.898. The smallest absolute Gasteiger partial charge is 0.387 e. The molecule has 3 unspecified atom stereocenters. The van der Waals surface area contributed by atoms with Crippen LogP contribution < -0.4 is 5.32 Å². The lowest BCUT2D eigenvalue weighted by atomic mass is 10.0. The number of aliphatic hydroxyl groups excluding tert-OH is 1. The molecule has 0 bridgehead atoms. The van der Waals surface area contributed by atoms with Crippen LogP contribution in [-0.4, -0.2) is 73.4 Å². The second-order valence-electron chi connectivity index (χ2n) is 18.2. The standard InChI is InChI=1S/C49H97N2O6P/c1-6-8-10-12-14-16-18-19-20-21-22-23-24-25-26-27-28-29-30-31-33-35-37-39-41-43-49(53)50-47(46-57-58(54,55)56-45-44-51(3,4)5)48(52)42-40-38-36-34-32-17-15-13-11-9-7-2/h25-26,40,42,47-48,52H,6-24,27-39,41,43-46H2,1-5H3,(H-,50,53,54,55)/p+1/b26-25-,42-40+. The second-order valence-corrected chi connectivity index (χ2v) is 19.6. The van der Waals surface area contributed by atoms with Crippen molar-refractivity contribution in [3.63, 3.8) is 0 Å². The van der Waals surface area contributed by atoms with Gasteiger partial charge in [-0.2, -0.15) is 0 Å². The monoisotopic (exact) mass is 842 g/mol. The van der Waals surface area contributed by atoms with E-state index in [9.17, 15) is 19.4 Å². The fourth-order valence-corrected chi connectivity index (χ4v) is 7.95. The highest BCUT2D eigenvalue weighted by atomic mass is 31.2. The SMILES string of the molecule is CCCCCCCCCCC/C=C/C(O)C(COP(=O)(O)OCC[N+](C)(C)C)NC(=O)CCCCCCCCCCC/C=C\CCCCCCCCCCCCCC. The minimum atomic E-state index is -4.33. The number of phosphoric ester groups is 1. The Hall–Kier alpha value is -1.02. The molecular formula is C49H98N2O6P+. The van der Waals surface area contributed by atoms with E-state index in [1.807, 2.05) is 27.2 Å². The lowest BCUT2D eigenvalue weighted by molar-refractivity contribution is -0.870. The van der Waals surface area contributed by atoms with Crippen molar-refractivity contribution in [2.24, 2.45) is 0 Å². The quantitative estimate of drug-likeness (QED) is 0.0244. The maximum atomic E-state index is 12.9. The van der Waals surface area contributed by atoms with Gasteiger partial charge in [-0.3, -0.25) is 13.8 Å². The first-order chi connectivity index (χ1) is 28.0. The van der Waals surface area contributed by atoms with Crippen LogP contribution in [0.4, 0.5) is 0 Å². The molecule has 0 aliphatic rings. The number of allylic oxidation sites excluding steroid dienone is 3. The van der Waals surface area contributed by atoms with Crippen LogP contribution in [0.1, 0.15) is 232 Å². The number of hydrogen-bond donors (Lipinski definition) is 3. The van der Waals surface area contributed by atoms with Gasteiger partial charge in [0.25, 0.3) is 0 Å². The second kappa shape index (κ2) is 41.3. The Morgan fingerprint density at radius 3 is 1.33 bits per heavy atom. The Bertz CT molecular complexity index is 1000. The van der Waals surface area contributed by atoms with Crippen molar-refractivity contribution in [1.82, 2.24) is 5.32 Å². The Morgan fingerprint density at radius 2 is 0.931 bits per heavy atom. The Balaban J connectivity index is 4.17. The van der Waals surface area contributed by atoms with Crippen molar-refractivity contribution in [2.45, 2.75) is 244 Å². The number of unbranched alkanes of at least 4 members (excludes halogenated alkanes) is 30. The highest BCUT2D eigenvalue weighted by Crippen LogP contribution is 2.43. The van der Waals surface area contributed by atoms with E-state index in [1.54, 1.807) is 6.08 Å². The highest BCUT2D eigenvalue weighted by molar-refractivity contribution is 7.47. The normalized spacial score (nSPS) is 14.4. The molecule has 0 rings (SSSR count). The first-order valence-corrected chi connectivity index (χ1v) is 26.2. The van der Waals surface area contributed by atoms with Crippen LogP contribution in [0, 0.1) is 0 Å². The van der Waals surface area contributed by atoms with Crippen LogP contribution >= 0.6 is 7.82 Å². The molecule has 0 aromatic heterocycles. The van der Waals surface area contributed by atoms with Crippen LogP contribution in [0.15, 0.2) is 24.3 Å². The number of aliphatic hydroxyl groups is 1. The van der Waals surface area contributed by atoms with Crippen LogP contribution in [0.2, 0.25) is 0 Å². The molecule has 0 aromatic rings. The van der Waals surface area contributed by atoms with Crippen molar-refractivity contribution in [1.29, 1.82) is 0 Å². The van der Waals surface area contributed by atoms with Crippen molar-refractivity contribution in [3.05, 3.63) is 24.3 Å². The van der Waals surface area contributed by atoms with Gasteiger partial charge < -0.3 is 19.8 Å². The van der Waals surface area contributed by atoms with Crippen molar-refractivity contribution >= 4 is 13.7 Å². The van der Waals surface area contributed by atoms with E-state index in [0.717, 1.165) is 38.5 Å². The van der Waals surface area contributed by atoms with Gasteiger partial charge in [0.2, 0.25) is 5.91 Å². The molecule has 344 valence electrons. The van der Waals surface area contributed by atoms with E-state index in [4.69, 9.17) is 9.05 Å². The van der Waals surface area contributed by atoms with Crippen molar-refractivity contribution in [2.75, 3.05) is 40.9 Å². The maximum Gasteiger partial charge on any atom is 0.472 e. The summed E-state index contributed by atoms with van der Waals surface area (Å²) < 4.78 is 23.6. The van der Waals surface area contributed by atoms with Crippen LogP contribution in [-0.2, 0) is 18.4 Å². The Morgan fingerprint density at radius 1 is 0.569 bits per heavy atom. The lowest BCUT2D eigenvalue weighted by Crippen LogP contribution is -2.45. The van der Waals surface area contributed by atoms with Crippen molar-refractivity contribution in [3.8, 4) is 0 Å². The van der Waals surface area contributed by atoms with E-state index in [2.05, 4.69) is 31.3 Å². The van der Waals surface area contributed by atoms with Gasteiger partial charge in [0.05, 0.1) is 39.9 Å². The van der Waals surface area contributed by atoms with E-state index < -0.39 is 20.0 Å². The topological polar surface area (TPSA) is 105 Å².